The van der Waals surface area contributed by atoms with Crippen LogP contribution in [-0.2, 0) is 22.3 Å². The Morgan fingerprint density at radius 2 is 1.82 bits per heavy atom. The van der Waals surface area contributed by atoms with E-state index in [0.29, 0.717) is 16.5 Å². The van der Waals surface area contributed by atoms with Crippen molar-refractivity contribution in [2.24, 2.45) is 0 Å². The summed E-state index contributed by atoms with van der Waals surface area (Å²) >= 11 is 6.02. The lowest BCUT2D eigenvalue weighted by atomic mass is 10.2. The predicted octanol–water partition coefficient (Wildman–Crippen LogP) is 3.18. The second kappa shape index (κ2) is 5.94. The maximum Gasteiger partial charge on any atom is 0.0662 e. The highest BCUT2D eigenvalue weighted by molar-refractivity contribution is 7.83. The molecule has 0 spiro atoms. The number of aromatic nitrogens is 1. The Morgan fingerprint density at radius 1 is 1.06 bits per heavy atom. The van der Waals surface area contributed by atoms with E-state index in [4.69, 9.17) is 11.6 Å². The van der Waals surface area contributed by atoms with E-state index in [-0.39, 0.29) is 0 Å². The molecule has 1 aromatic heterocycles. The number of benzene rings is 1. The second-order valence-corrected chi connectivity index (χ2v) is 5.51. The van der Waals surface area contributed by atoms with Gasteiger partial charge >= 0.3 is 0 Å². The fourth-order valence-corrected chi connectivity index (χ4v) is 2.97. The Balaban J connectivity index is 2.01. The maximum absolute atomic E-state index is 11.9. The first-order valence-electron chi connectivity index (χ1n) is 5.24. The van der Waals surface area contributed by atoms with Gasteiger partial charge in [0, 0.05) is 22.0 Å². The molecule has 88 valence electrons. The smallest absolute Gasteiger partial charge is 0.0662 e. The Labute approximate surface area is 108 Å². The number of pyridine rings is 1. The lowest BCUT2D eigenvalue weighted by Crippen LogP contribution is -2.01. The third kappa shape index (κ3) is 3.65. The van der Waals surface area contributed by atoms with Gasteiger partial charge in [-0.25, -0.2) is 0 Å². The molecule has 1 heterocycles. The lowest BCUT2D eigenvalue weighted by Gasteiger charge is -2.04. The van der Waals surface area contributed by atoms with Gasteiger partial charge in [-0.2, -0.15) is 0 Å². The molecule has 1 atom stereocenters. The summed E-state index contributed by atoms with van der Waals surface area (Å²) in [6.45, 7) is 0. The summed E-state index contributed by atoms with van der Waals surface area (Å²) in [6, 6.07) is 13.1. The number of nitrogens with zero attached hydrogens (tertiary/aromatic N) is 1. The van der Waals surface area contributed by atoms with Crippen LogP contribution < -0.4 is 0 Å². The Morgan fingerprint density at radius 3 is 2.53 bits per heavy atom. The van der Waals surface area contributed by atoms with Crippen LogP contribution in [0.4, 0.5) is 0 Å². The van der Waals surface area contributed by atoms with Crippen LogP contribution in [0.1, 0.15) is 11.3 Å². The topological polar surface area (TPSA) is 30.0 Å². The summed E-state index contributed by atoms with van der Waals surface area (Å²) in [4.78, 5) is 4.16. The van der Waals surface area contributed by atoms with E-state index in [0.717, 1.165) is 11.3 Å². The van der Waals surface area contributed by atoms with Crippen molar-refractivity contribution in [3.63, 3.8) is 0 Å². The van der Waals surface area contributed by atoms with Crippen LogP contribution in [0.25, 0.3) is 0 Å². The molecule has 2 nitrogen and oxygen atoms in total. The fraction of sp³-hybridized carbons (Fsp3) is 0.154. The molecule has 0 aliphatic rings. The van der Waals surface area contributed by atoms with Crippen molar-refractivity contribution in [1.82, 2.24) is 4.98 Å². The molecule has 2 rings (SSSR count). The van der Waals surface area contributed by atoms with Gasteiger partial charge in [0.05, 0.1) is 17.2 Å². The van der Waals surface area contributed by atoms with Crippen molar-refractivity contribution in [1.29, 1.82) is 0 Å². The van der Waals surface area contributed by atoms with Crippen LogP contribution >= 0.6 is 11.6 Å². The van der Waals surface area contributed by atoms with Crippen molar-refractivity contribution in [2.45, 2.75) is 11.5 Å². The van der Waals surface area contributed by atoms with Crippen LogP contribution in [0, 0.1) is 0 Å². The zero-order chi connectivity index (χ0) is 12.1. The summed E-state index contributed by atoms with van der Waals surface area (Å²) < 4.78 is 11.9. The molecule has 17 heavy (non-hydrogen) atoms. The highest BCUT2D eigenvalue weighted by Crippen LogP contribution is 2.17. The molecule has 0 aliphatic carbocycles. The molecule has 0 saturated heterocycles. The average molecular weight is 266 g/mol. The van der Waals surface area contributed by atoms with Crippen molar-refractivity contribution < 1.29 is 4.21 Å². The van der Waals surface area contributed by atoms with E-state index in [1.54, 1.807) is 6.20 Å². The molecule has 0 N–H and O–H groups in total. The molecule has 0 aliphatic heterocycles. The van der Waals surface area contributed by atoms with E-state index in [2.05, 4.69) is 4.98 Å². The predicted molar refractivity (Wildman–Crippen MR) is 71.2 cm³/mol. The van der Waals surface area contributed by atoms with Crippen LogP contribution in [0.5, 0.6) is 0 Å². The van der Waals surface area contributed by atoms with Crippen LogP contribution in [-0.4, -0.2) is 9.19 Å². The molecule has 0 radical (unpaired) electrons. The minimum atomic E-state index is -0.979. The van der Waals surface area contributed by atoms with Gasteiger partial charge in [-0.15, -0.1) is 0 Å². The van der Waals surface area contributed by atoms with Gasteiger partial charge in [-0.1, -0.05) is 35.9 Å². The van der Waals surface area contributed by atoms with Gasteiger partial charge in [0.2, 0.25) is 0 Å². The summed E-state index contributed by atoms with van der Waals surface area (Å²) in [7, 11) is -0.979. The van der Waals surface area contributed by atoms with Crippen molar-refractivity contribution >= 4 is 22.4 Å². The molecule has 0 unspecified atom stereocenters. The van der Waals surface area contributed by atoms with Crippen LogP contribution in [0.15, 0.2) is 48.7 Å². The first-order valence-corrected chi connectivity index (χ1v) is 7.10. The van der Waals surface area contributed by atoms with Crippen molar-refractivity contribution in [3.05, 3.63) is 64.9 Å². The molecule has 2 aromatic rings. The van der Waals surface area contributed by atoms with Crippen LogP contribution in [0.2, 0.25) is 5.02 Å². The molecule has 0 amide bonds. The van der Waals surface area contributed by atoms with Crippen molar-refractivity contribution in [2.75, 3.05) is 0 Å². The number of hydrogen-bond acceptors (Lipinski definition) is 2. The summed E-state index contributed by atoms with van der Waals surface area (Å²) in [5.74, 6) is 0.933. The molecule has 0 bridgehead atoms. The third-order valence-electron chi connectivity index (χ3n) is 2.31. The Hall–Kier alpha value is -1.19. The fourth-order valence-electron chi connectivity index (χ4n) is 1.49. The Kier molecular flexibility index (Phi) is 4.29. The normalized spacial score (nSPS) is 12.3. The van der Waals surface area contributed by atoms with Crippen molar-refractivity contribution in [3.8, 4) is 0 Å². The van der Waals surface area contributed by atoms with Crippen LogP contribution in [0.3, 0.4) is 0 Å². The van der Waals surface area contributed by atoms with E-state index in [1.807, 2.05) is 42.5 Å². The minimum Gasteiger partial charge on any atom is -0.260 e. The molecule has 1 aromatic carbocycles. The molecule has 4 heteroatoms. The number of halogens is 1. The third-order valence-corrected chi connectivity index (χ3v) is 3.93. The van der Waals surface area contributed by atoms with Gasteiger partial charge < -0.3 is 0 Å². The molecular formula is C13H12ClNOS. The average Bonchev–Trinajstić information content (AvgIpc) is 2.33. The van der Waals surface area contributed by atoms with E-state index in [9.17, 15) is 4.21 Å². The molecule has 0 fully saturated rings. The first kappa shape index (κ1) is 12.3. The highest BCUT2D eigenvalue weighted by atomic mass is 35.5. The summed E-state index contributed by atoms with van der Waals surface area (Å²) in [6.07, 6.45) is 1.71. The van der Waals surface area contributed by atoms with E-state index in [1.165, 1.54) is 0 Å². The van der Waals surface area contributed by atoms with Gasteiger partial charge in [-0.3, -0.25) is 9.19 Å². The Bertz CT molecular complexity index is 516. The van der Waals surface area contributed by atoms with Gasteiger partial charge in [0.15, 0.2) is 0 Å². The SMILES string of the molecule is O=[S@@](Cc1ccccn1)Cc1ccccc1Cl. The van der Waals surface area contributed by atoms with Gasteiger partial charge in [0.25, 0.3) is 0 Å². The van der Waals surface area contributed by atoms with Gasteiger partial charge in [0.1, 0.15) is 0 Å². The first-order chi connectivity index (χ1) is 8.25. The maximum atomic E-state index is 11.9. The standard InChI is InChI=1S/C13H12ClNOS/c14-13-7-2-1-5-11(13)9-17(16)10-12-6-3-4-8-15-12/h1-8H,9-10H2/t17-/m1/s1. The molecular weight excluding hydrogens is 254 g/mol. The monoisotopic (exact) mass is 265 g/mol. The minimum absolute atomic E-state index is 0.464. The largest absolute Gasteiger partial charge is 0.260 e. The molecule has 0 saturated carbocycles. The summed E-state index contributed by atoms with van der Waals surface area (Å²) in [5.41, 5.74) is 1.77. The lowest BCUT2D eigenvalue weighted by molar-refractivity contribution is 0.681. The van der Waals surface area contributed by atoms with E-state index < -0.39 is 10.8 Å². The highest BCUT2D eigenvalue weighted by Gasteiger charge is 2.06. The number of hydrogen-bond donors (Lipinski definition) is 0. The number of rotatable bonds is 4. The zero-order valence-corrected chi connectivity index (χ0v) is 10.7. The summed E-state index contributed by atoms with van der Waals surface area (Å²) in [5, 5.41) is 0.668. The van der Waals surface area contributed by atoms with E-state index >= 15 is 0 Å². The zero-order valence-electron chi connectivity index (χ0n) is 9.17. The quantitative estimate of drug-likeness (QED) is 0.850. The second-order valence-electron chi connectivity index (χ2n) is 3.64. The van der Waals surface area contributed by atoms with Gasteiger partial charge in [-0.05, 0) is 23.8 Å².